The van der Waals surface area contributed by atoms with Crippen LogP contribution in [0.1, 0.15) is 30.1 Å². The Labute approximate surface area is 128 Å². The van der Waals surface area contributed by atoms with Gasteiger partial charge in [0.25, 0.3) is 0 Å². The standard InChI is InChI=1S/C17H29N3O/c1-19-9-7-15(8-10-19)12-20(2)13-17(21)16-5-3-14(11-18)4-6-16/h3-6,15,17,21H,7-13,18H2,1-2H3. The Morgan fingerprint density at radius 2 is 1.90 bits per heavy atom. The first-order chi connectivity index (χ1) is 10.1. The highest BCUT2D eigenvalue weighted by atomic mass is 16.3. The zero-order valence-electron chi connectivity index (χ0n) is 13.3. The van der Waals surface area contributed by atoms with Gasteiger partial charge in [0.2, 0.25) is 0 Å². The molecule has 118 valence electrons. The number of benzene rings is 1. The molecule has 21 heavy (non-hydrogen) atoms. The summed E-state index contributed by atoms with van der Waals surface area (Å²) in [5, 5.41) is 10.3. The van der Waals surface area contributed by atoms with Crippen molar-refractivity contribution in [1.29, 1.82) is 0 Å². The molecule has 0 bridgehead atoms. The van der Waals surface area contributed by atoms with E-state index in [0.29, 0.717) is 13.1 Å². The van der Waals surface area contributed by atoms with Crippen LogP contribution in [0, 0.1) is 5.92 Å². The highest BCUT2D eigenvalue weighted by Gasteiger charge is 2.19. The number of likely N-dealkylation sites (N-methyl/N-ethyl adjacent to an activating group) is 1. The van der Waals surface area contributed by atoms with Gasteiger partial charge < -0.3 is 20.6 Å². The normalized spacial score (nSPS) is 19.1. The van der Waals surface area contributed by atoms with Crippen molar-refractivity contribution < 1.29 is 5.11 Å². The van der Waals surface area contributed by atoms with Gasteiger partial charge in [-0.05, 0) is 57.1 Å². The van der Waals surface area contributed by atoms with Crippen LogP contribution in [-0.4, -0.2) is 55.2 Å². The lowest BCUT2D eigenvalue weighted by Gasteiger charge is -2.32. The number of likely N-dealkylation sites (tertiary alicyclic amines) is 1. The Morgan fingerprint density at radius 1 is 1.29 bits per heavy atom. The molecule has 0 radical (unpaired) electrons. The minimum atomic E-state index is -0.423. The summed E-state index contributed by atoms with van der Waals surface area (Å²) in [7, 11) is 4.30. The van der Waals surface area contributed by atoms with Crippen LogP contribution in [0.4, 0.5) is 0 Å². The molecule has 1 atom stereocenters. The van der Waals surface area contributed by atoms with Crippen LogP contribution >= 0.6 is 0 Å². The van der Waals surface area contributed by atoms with E-state index in [1.165, 1.54) is 25.9 Å². The fourth-order valence-corrected chi connectivity index (χ4v) is 3.04. The lowest BCUT2D eigenvalue weighted by molar-refractivity contribution is 0.106. The Balaban J connectivity index is 1.79. The second kappa shape index (κ2) is 7.90. The van der Waals surface area contributed by atoms with Crippen molar-refractivity contribution in [2.24, 2.45) is 11.7 Å². The van der Waals surface area contributed by atoms with E-state index in [1.807, 2.05) is 24.3 Å². The summed E-state index contributed by atoms with van der Waals surface area (Å²) in [4.78, 5) is 4.65. The van der Waals surface area contributed by atoms with E-state index < -0.39 is 6.10 Å². The highest BCUT2D eigenvalue weighted by molar-refractivity contribution is 5.24. The molecule has 1 unspecified atom stereocenters. The number of aliphatic hydroxyl groups excluding tert-OH is 1. The third-order valence-electron chi connectivity index (χ3n) is 4.49. The monoisotopic (exact) mass is 291 g/mol. The van der Waals surface area contributed by atoms with Crippen LogP contribution in [0.3, 0.4) is 0 Å². The van der Waals surface area contributed by atoms with Gasteiger partial charge in [-0.3, -0.25) is 0 Å². The van der Waals surface area contributed by atoms with Gasteiger partial charge in [-0.25, -0.2) is 0 Å². The van der Waals surface area contributed by atoms with E-state index in [0.717, 1.165) is 23.6 Å². The lowest BCUT2D eigenvalue weighted by Crippen LogP contribution is -2.37. The third-order valence-corrected chi connectivity index (χ3v) is 4.49. The lowest BCUT2D eigenvalue weighted by atomic mass is 9.96. The molecule has 1 aliphatic heterocycles. The average Bonchev–Trinajstić information content (AvgIpc) is 2.49. The summed E-state index contributed by atoms with van der Waals surface area (Å²) < 4.78 is 0. The molecular weight excluding hydrogens is 262 g/mol. The molecule has 0 aliphatic carbocycles. The van der Waals surface area contributed by atoms with Crippen molar-refractivity contribution in [1.82, 2.24) is 9.80 Å². The van der Waals surface area contributed by atoms with E-state index in [1.54, 1.807) is 0 Å². The van der Waals surface area contributed by atoms with Gasteiger partial charge in [-0.2, -0.15) is 0 Å². The van der Waals surface area contributed by atoms with Gasteiger partial charge in [0.05, 0.1) is 6.10 Å². The van der Waals surface area contributed by atoms with Crippen LogP contribution in [0.25, 0.3) is 0 Å². The number of nitrogens with zero attached hydrogens (tertiary/aromatic N) is 2. The van der Waals surface area contributed by atoms with Gasteiger partial charge >= 0.3 is 0 Å². The SMILES string of the molecule is CN1CCC(CN(C)CC(O)c2ccc(CN)cc2)CC1. The van der Waals surface area contributed by atoms with Crippen molar-refractivity contribution in [3.8, 4) is 0 Å². The maximum absolute atomic E-state index is 10.3. The summed E-state index contributed by atoms with van der Waals surface area (Å²) >= 11 is 0. The Hall–Kier alpha value is -0.940. The zero-order chi connectivity index (χ0) is 15.2. The van der Waals surface area contributed by atoms with Crippen molar-refractivity contribution in [3.05, 3.63) is 35.4 Å². The maximum atomic E-state index is 10.3. The van der Waals surface area contributed by atoms with Gasteiger partial charge in [0.15, 0.2) is 0 Å². The molecule has 1 saturated heterocycles. The van der Waals surface area contributed by atoms with Gasteiger partial charge in [-0.15, -0.1) is 0 Å². The molecule has 0 aromatic heterocycles. The van der Waals surface area contributed by atoms with Gasteiger partial charge in [0, 0.05) is 19.6 Å². The largest absolute Gasteiger partial charge is 0.387 e. The average molecular weight is 291 g/mol. The maximum Gasteiger partial charge on any atom is 0.0916 e. The predicted octanol–water partition coefficient (Wildman–Crippen LogP) is 1.45. The Bertz CT molecular complexity index is 413. The molecule has 1 aromatic carbocycles. The van der Waals surface area contributed by atoms with E-state index in [-0.39, 0.29) is 0 Å². The molecule has 4 heteroatoms. The number of rotatable bonds is 6. The van der Waals surface area contributed by atoms with E-state index in [4.69, 9.17) is 5.73 Å². The molecule has 1 aromatic rings. The van der Waals surface area contributed by atoms with Crippen molar-refractivity contribution in [3.63, 3.8) is 0 Å². The third kappa shape index (κ3) is 5.08. The van der Waals surface area contributed by atoms with Crippen LogP contribution in [0.15, 0.2) is 24.3 Å². The van der Waals surface area contributed by atoms with E-state index >= 15 is 0 Å². The smallest absolute Gasteiger partial charge is 0.0916 e. The first kappa shape index (κ1) is 16.4. The van der Waals surface area contributed by atoms with Crippen LogP contribution in [0.5, 0.6) is 0 Å². The first-order valence-corrected chi connectivity index (χ1v) is 7.92. The molecule has 0 amide bonds. The van der Waals surface area contributed by atoms with Crippen molar-refractivity contribution >= 4 is 0 Å². The number of hydrogen-bond donors (Lipinski definition) is 2. The summed E-state index contributed by atoms with van der Waals surface area (Å²) in [5.74, 6) is 0.762. The summed E-state index contributed by atoms with van der Waals surface area (Å²) in [6.45, 7) is 4.70. The molecular formula is C17H29N3O. The zero-order valence-corrected chi connectivity index (χ0v) is 13.3. The Morgan fingerprint density at radius 3 is 2.48 bits per heavy atom. The summed E-state index contributed by atoms with van der Waals surface area (Å²) in [6.07, 6.45) is 2.11. The van der Waals surface area contributed by atoms with Gasteiger partial charge in [0.1, 0.15) is 0 Å². The fraction of sp³-hybridized carbons (Fsp3) is 0.647. The minimum Gasteiger partial charge on any atom is -0.387 e. The van der Waals surface area contributed by atoms with Gasteiger partial charge in [-0.1, -0.05) is 24.3 Å². The van der Waals surface area contributed by atoms with E-state index in [9.17, 15) is 5.11 Å². The van der Waals surface area contributed by atoms with Crippen LogP contribution in [0.2, 0.25) is 0 Å². The molecule has 1 heterocycles. The molecule has 1 aliphatic rings. The number of aliphatic hydroxyl groups is 1. The van der Waals surface area contributed by atoms with Crippen molar-refractivity contribution in [2.75, 3.05) is 40.3 Å². The molecule has 0 saturated carbocycles. The Kier molecular flexibility index (Phi) is 6.18. The molecule has 3 N–H and O–H groups in total. The summed E-state index contributed by atoms with van der Waals surface area (Å²) in [6, 6.07) is 7.96. The van der Waals surface area contributed by atoms with Crippen molar-refractivity contribution in [2.45, 2.75) is 25.5 Å². The topological polar surface area (TPSA) is 52.7 Å². The second-order valence-electron chi connectivity index (χ2n) is 6.43. The molecule has 2 rings (SSSR count). The quantitative estimate of drug-likeness (QED) is 0.833. The molecule has 1 fully saturated rings. The second-order valence-corrected chi connectivity index (χ2v) is 6.43. The first-order valence-electron chi connectivity index (χ1n) is 7.92. The predicted molar refractivity (Wildman–Crippen MR) is 87.0 cm³/mol. The highest BCUT2D eigenvalue weighted by Crippen LogP contribution is 2.19. The molecule has 4 nitrogen and oxygen atoms in total. The number of piperidine rings is 1. The molecule has 0 spiro atoms. The number of hydrogen-bond acceptors (Lipinski definition) is 4. The van der Waals surface area contributed by atoms with Crippen LogP contribution < -0.4 is 5.73 Å². The number of nitrogens with two attached hydrogens (primary N) is 1. The fourth-order valence-electron chi connectivity index (χ4n) is 3.04. The van der Waals surface area contributed by atoms with Crippen LogP contribution in [-0.2, 0) is 6.54 Å². The summed E-state index contributed by atoms with van der Waals surface area (Å²) in [5.41, 5.74) is 7.67. The van der Waals surface area contributed by atoms with E-state index in [2.05, 4.69) is 23.9 Å². The minimum absolute atomic E-state index is 0.423.